The fraction of sp³-hybridized carbons (Fsp3) is 0.895. The van der Waals surface area contributed by atoms with Crippen molar-refractivity contribution in [3.63, 3.8) is 0 Å². The highest BCUT2D eigenvalue weighted by Gasteiger charge is 2.62. The van der Waals surface area contributed by atoms with Gasteiger partial charge in [-0.15, -0.1) is 0 Å². The Hall–Kier alpha value is -0.700. The molecule has 4 saturated carbocycles. The van der Waals surface area contributed by atoms with Gasteiger partial charge in [0.2, 0.25) is 0 Å². The first-order chi connectivity index (χ1) is 10.4. The fourth-order valence-electron chi connectivity index (χ4n) is 6.68. The number of hydrogen-bond donors (Lipinski definition) is 1. The number of hydrogen-bond acceptors (Lipinski definition) is 3. The summed E-state index contributed by atoms with van der Waals surface area (Å²) in [5, 5.41) is 10.0. The molecule has 0 aromatic heterocycles. The zero-order valence-corrected chi connectivity index (χ0v) is 13.8. The van der Waals surface area contributed by atoms with Crippen molar-refractivity contribution in [1.29, 1.82) is 0 Å². The van der Waals surface area contributed by atoms with E-state index in [9.17, 15) is 14.7 Å². The number of aliphatic hydroxyl groups is 1. The van der Waals surface area contributed by atoms with E-state index in [4.69, 9.17) is 0 Å². The Labute approximate surface area is 132 Å². The summed E-state index contributed by atoms with van der Waals surface area (Å²) in [5.41, 5.74) is -0.0288. The number of rotatable bonds is 0. The molecule has 0 heterocycles. The Morgan fingerprint density at radius 3 is 2.59 bits per heavy atom. The van der Waals surface area contributed by atoms with Crippen molar-refractivity contribution in [1.82, 2.24) is 0 Å². The molecule has 0 aromatic rings. The highest BCUT2D eigenvalue weighted by molar-refractivity contribution is 5.90. The predicted octanol–water partition coefficient (Wildman–Crippen LogP) is 3.14. The molecular formula is C19H28O3. The molecule has 7 atom stereocenters. The van der Waals surface area contributed by atoms with Gasteiger partial charge < -0.3 is 5.11 Å². The van der Waals surface area contributed by atoms with Crippen LogP contribution >= 0.6 is 0 Å². The van der Waals surface area contributed by atoms with Gasteiger partial charge in [-0.05, 0) is 61.7 Å². The lowest BCUT2D eigenvalue weighted by Gasteiger charge is -2.59. The van der Waals surface area contributed by atoms with Crippen LogP contribution in [0.3, 0.4) is 0 Å². The summed E-state index contributed by atoms with van der Waals surface area (Å²) < 4.78 is 0. The fourth-order valence-corrected chi connectivity index (χ4v) is 6.68. The van der Waals surface area contributed by atoms with Crippen molar-refractivity contribution in [3.05, 3.63) is 0 Å². The van der Waals surface area contributed by atoms with Gasteiger partial charge in [0.1, 0.15) is 11.6 Å². The van der Waals surface area contributed by atoms with E-state index in [-0.39, 0.29) is 28.8 Å². The molecule has 3 heteroatoms. The minimum absolute atomic E-state index is 0.113. The summed E-state index contributed by atoms with van der Waals surface area (Å²) in [6, 6.07) is 0. The molecule has 0 bridgehead atoms. The quantitative estimate of drug-likeness (QED) is 0.748. The Morgan fingerprint density at radius 1 is 1.05 bits per heavy atom. The van der Waals surface area contributed by atoms with Crippen LogP contribution in [-0.2, 0) is 9.59 Å². The molecule has 0 aromatic carbocycles. The van der Waals surface area contributed by atoms with Gasteiger partial charge in [0.15, 0.2) is 0 Å². The molecule has 122 valence electrons. The summed E-state index contributed by atoms with van der Waals surface area (Å²) >= 11 is 0. The molecule has 3 nitrogen and oxygen atoms in total. The molecule has 4 fully saturated rings. The topological polar surface area (TPSA) is 54.4 Å². The molecule has 1 N–H and O–H groups in total. The van der Waals surface area contributed by atoms with Gasteiger partial charge >= 0.3 is 0 Å². The number of Topliss-reactive ketones (excluding diaryl/α,β-unsaturated/α-hetero) is 2. The van der Waals surface area contributed by atoms with Crippen LogP contribution in [0, 0.1) is 34.5 Å². The third-order valence-electron chi connectivity index (χ3n) is 8.15. The van der Waals surface area contributed by atoms with Crippen molar-refractivity contribution < 1.29 is 14.7 Å². The molecule has 0 saturated heterocycles. The minimum Gasteiger partial charge on any atom is -0.393 e. The Bertz CT molecular complexity index is 527. The highest BCUT2D eigenvalue weighted by atomic mass is 16.3. The molecule has 4 aliphatic carbocycles. The lowest BCUT2D eigenvalue weighted by Crippen LogP contribution is -2.57. The van der Waals surface area contributed by atoms with Crippen LogP contribution in [0.15, 0.2) is 0 Å². The van der Waals surface area contributed by atoms with E-state index >= 15 is 0 Å². The normalized spacial score (nSPS) is 54.6. The van der Waals surface area contributed by atoms with Gasteiger partial charge in [-0.2, -0.15) is 0 Å². The first kappa shape index (κ1) is 14.9. The zero-order chi connectivity index (χ0) is 15.7. The van der Waals surface area contributed by atoms with Crippen LogP contribution in [0.1, 0.15) is 65.2 Å². The summed E-state index contributed by atoms with van der Waals surface area (Å²) in [6.07, 6.45) is 6.73. The molecule has 0 radical (unpaired) electrons. The minimum atomic E-state index is -0.228. The first-order valence-corrected chi connectivity index (χ1v) is 9.10. The van der Waals surface area contributed by atoms with Crippen LogP contribution in [0.25, 0.3) is 0 Å². The summed E-state index contributed by atoms with van der Waals surface area (Å²) in [6.45, 7) is 4.49. The maximum absolute atomic E-state index is 12.9. The average molecular weight is 304 g/mol. The molecule has 22 heavy (non-hydrogen) atoms. The molecule has 4 aliphatic rings. The Balaban J connectivity index is 1.70. The Kier molecular flexibility index (Phi) is 3.15. The molecule has 0 spiro atoms. The van der Waals surface area contributed by atoms with Crippen LogP contribution in [0.5, 0.6) is 0 Å². The van der Waals surface area contributed by atoms with Gasteiger partial charge in [0.05, 0.1) is 6.10 Å². The van der Waals surface area contributed by atoms with Gasteiger partial charge in [-0.25, -0.2) is 0 Å². The smallest absolute Gasteiger partial charge is 0.139 e. The van der Waals surface area contributed by atoms with Crippen LogP contribution in [0.2, 0.25) is 0 Å². The second kappa shape index (κ2) is 4.66. The maximum atomic E-state index is 12.9. The average Bonchev–Trinajstić information content (AvgIpc) is 2.77. The van der Waals surface area contributed by atoms with Gasteiger partial charge in [-0.1, -0.05) is 13.8 Å². The second-order valence-electron chi connectivity index (χ2n) is 8.96. The van der Waals surface area contributed by atoms with Crippen LogP contribution < -0.4 is 0 Å². The SMILES string of the molecule is C[C@]12CC[C@H](O)CC1CC(=O)[C@@H]1[C@@H]2CC[C@]2(C)C(=O)CC[C@@H]12. The van der Waals surface area contributed by atoms with Crippen molar-refractivity contribution in [2.45, 2.75) is 71.3 Å². The van der Waals surface area contributed by atoms with Gasteiger partial charge in [-0.3, -0.25) is 9.59 Å². The first-order valence-electron chi connectivity index (χ1n) is 9.10. The Morgan fingerprint density at radius 2 is 1.82 bits per heavy atom. The number of aliphatic hydroxyl groups excluding tert-OH is 1. The van der Waals surface area contributed by atoms with Gasteiger partial charge in [0, 0.05) is 24.2 Å². The van der Waals surface area contributed by atoms with E-state index < -0.39 is 0 Å². The lowest BCUT2D eigenvalue weighted by atomic mass is 9.45. The van der Waals surface area contributed by atoms with E-state index in [1.807, 2.05) is 0 Å². The molecule has 4 rings (SSSR count). The third kappa shape index (κ3) is 1.78. The molecule has 1 unspecified atom stereocenters. The number of fused-ring (bicyclic) bond motifs is 5. The van der Waals surface area contributed by atoms with E-state index in [0.29, 0.717) is 36.2 Å². The van der Waals surface area contributed by atoms with Gasteiger partial charge in [0.25, 0.3) is 0 Å². The standard InChI is InChI=1S/C19H28O3/c1-18-7-5-12(20)9-11(18)10-15(21)17-13-3-4-16(22)19(13,2)8-6-14(17)18/h11-14,17,20H,3-10H2,1-2H3/t11?,12-,13-,14-,17-,18-,19-/m0/s1. The van der Waals surface area contributed by atoms with E-state index in [1.54, 1.807) is 0 Å². The van der Waals surface area contributed by atoms with Crippen LogP contribution in [0.4, 0.5) is 0 Å². The predicted molar refractivity (Wildman–Crippen MR) is 83.1 cm³/mol. The summed E-state index contributed by atoms with van der Waals surface area (Å²) in [5.74, 6) is 1.99. The molecule has 0 amide bonds. The number of carbonyl (C=O) groups excluding carboxylic acids is 2. The lowest BCUT2D eigenvalue weighted by molar-refractivity contribution is -0.160. The van der Waals surface area contributed by atoms with Crippen molar-refractivity contribution in [2.24, 2.45) is 34.5 Å². The summed E-state index contributed by atoms with van der Waals surface area (Å²) in [4.78, 5) is 25.3. The molecule has 0 aliphatic heterocycles. The summed E-state index contributed by atoms with van der Waals surface area (Å²) in [7, 11) is 0. The third-order valence-corrected chi connectivity index (χ3v) is 8.15. The maximum Gasteiger partial charge on any atom is 0.139 e. The zero-order valence-electron chi connectivity index (χ0n) is 13.8. The van der Waals surface area contributed by atoms with E-state index in [2.05, 4.69) is 13.8 Å². The number of carbonyl (C=O) groups is 2. The van der Waals surface area contributed by atoms with Crippen LogP contribution in [-0.4, -0.2) is 22.8 Å². The van der Waals surface area contributed by atoms with Crippen molar-refractivity contribution >= 4 is 11.6 Å². The largest absolute Gasteiger partial charge is 0.393 e. The second-order valence-corrected chi connectivity index (χ2v) is 8.96. The van der Waals surface area contributed by atoms with Crippen molar-refractivity contribution in [3.8, 4) is 0 Å². The van der Waals surface area contributed by atoms with E-state index in [1.165, 1.54) is 0 Å². The van der Waals surface area contributed by atoms with Crippen molar-refractivity contribution in [2.75, 3.05) is 0 Å². The molecular weight excluding hydrogens is 276 g/mol. The van der Waals surface area contributed by atoms with E-state index in [0.717, 1.165) is 38.5 Å². The monoisotopic (exact) mass is 304 g/mol. The number of ketones is 2. The highest BCUT2D eigenvalue weighted by Crippen LogP contribution is 2.64.